The Kier molecular flexibility index (Phi) is 2.27. The lowest BCUT2D eigenvalue weighted by molar-refractivity contribution is -0.185. The largest absolute Gasteiger partial charge is 0.481 e. The van der Waals surface area contributed by atoms with Gasteiger partial charge in [0.15, 0.2) is 0 Å². The van der Waals surface area contributed by atoms with Gasteiger partial charge >= 0.3 is 12.1 Å². The average Bonchev–Trinajstić information content (AvgIpc) is 2.31. The number of rotatable bonds is 1. The van der Waals surface area contributed by atoms with Gasteiger partial charge in [-0.25, -0.2) is 0 Å². The SMILES string of the molecule is N[C@]1(C(F)(F)F)CC[C@H](C(=O)O)C1. The van der Waals surface area contributed by atoms with Gasteiger partial charge in [-0.3, -0.25) is 4.79 Å². The second-order valence-electron chi connectivity index (χ2n) is 3.43. The predicted octanol–water partition coefficient (Wildman–Crippen LogP) is 1.13. The summed E-state index contributed by atoms with van der Waals surface area (Å²) in [5.74, 6) is -2.15. The molecule has 76 valence electrons. The molecule has 0 spiro atoms. The van der Waals surface area contributed by atoms with E-state index in [4.69, 9.17) is 10.8 Å². The van der Waals surface area contributed by atoms with Crippen molar-refractivity contribution in [2.24, 2.45) is 11.7 Å². The van der Waals surface area contributed by atoms with Gasteiger partial charge < -0.3 is 10.8 Å². The average molecular weight is 197 g/mol. The van der Waals surface area contributed by atoms with Crippen molar-refractivity contribution in [3.63, 3.8) is 0 Å². The van der Waals surface area contributed by atoms with Crippen LogP contribution in [0.1, 0.15) is 19.3 Å². The summed E-state index contributed by atoms with van der Waals surface area (Å²) in [5, 5.41) is 8.49. The number of aliphatic carboxylic acids is 1. The second kappa shape index (κ2) is 2.87. The van der Waals surface area contributed by atoms with E-state index in [2.05, 4.69) is 0 Å². The van der Waals surface area contributed by atoms with E-state index in [1.54, 1.807) is 0 Å². The molecule has 0 aliphatic heterocycles. The summed E-state index contributed by atoms with van der Waals surface area (Å²) in [4.78, 5) is 10.4. The number of halogens is 3. The zero-order valence-corrected chi connectivity index (χ0v) is 6.77. The van der Waals surface area contributed by atoms with Gasteiger partial charge in [0.25, 0.3) is 0 Å². The van der Waals surface area contributed by atoms with Crippen LogP contribution in [-0.4, -0.2) is 22.8 Å². The molecule has 0 aromatic heterocycles. The van der Waals surface area contributed by atoms with Crippen molar-refractivity contribution >= 4 is 5.97 Å². The van der Waals surface area contributed by atoms with Gasteiger partial charge in [-0.1, -0.05) is 0 Å². The van der Waals surface area contributed by atoms with Crippen LogP contribution in [0.15, 0.2) is 0 Å². The quantitative estimate of drug-likeness (QED) is 0.662. The normalized spacial score (nSPS) is 34.9. The Balaban J connectivity index is 2.72. The highest BCUT2D eigenvalue weighted by molar-refractivity contribution is 5.70. The van der Waals surface area contributed by atoms with Crippen molar-refractivity contribution < 1.29 is 23.1 Å². The summed E-state index contributed by atoms with van der Waals surface area (Å²) < 4.78 is 36.8. The molecule has 1 aliphatic carbocycles. The van der Waals surface area contributed by atoms with Crippen LogP contribution in [0.2, 0.25) is 0 Å². The minimum atomic E-state index is -4.50. The standard InChI is InChI=1S/C7H10F3NO2/c8-7(9,10)6(11)2-1-4(3-6)5(12)13/h4H,1-3,11H2,(H,12,13)/t4-,6+/m0/s1. The summed E-state index contributed by atoms with van der Waals surface area (Å²) >= 11 is 0. The van der Waals surface area contributed by atoms with Crippen LogP contribution in [0.4, 0.5) is 13.2 Å². The molecule has 1 fully saturated rings. The maximum absolute atomic E-state index is 12.3. The molecular formula is C7H10F3NO2. The van der Waals surface area contributed by atoms with Gasteiger partial charge in [0.2, 0.25) is 0 Å². The van der Waals surface area contributed by atoms with Crippen LogP contribution in [-0.2, 0) is 4.79 Å². The molecule has 2 atom stereocenters. The molecule has 0 amide bonds. The molecule has 0 aromatic rings. The number of carbonyl (C=O) groups is 1. The van der Waals surface area contributed by atoms with E-state index < -0.39 is 30.0 Å². The Morgan fingerprint density at radius 3 is 2.31 bits per heavy atom. The van der Waals surface area contributed by atoms with E-state index >= 15 is 0 Å². The van der Waals surface area contributed by atoms with E-state index in [1.165, 1.54) is 0 Å². The summed E-state index contributed by atoms with van der Waals surface area (Å²) in [6, 6.07) is 0. The van der Waals surface area contributed by atoms with Crippen molar-refractivity contribution in [2.75, 3.05) is 0 Å². The Hall–Kier alpha value is -0.780. The van der Waals surface area contributed by atoms with E-state index in [0.29, 0.717) is 0 Å². The van der Waals surface area contributed by atoms with Crippen molar-refractivity contribution in [3.8, 4) is 0 Å². The molecule has 0 radical (unpaired) electrons. The van der Waals surface area contributed by atoms with Crippen LogP contribution in [0.3, 0.4) is 0 Å². The van der Waals surface area contributed by atoms with Gasteiger partial charge in [-0.05, 0) is 19.3 Å². The van der Waals surface area contributed by atoms with Crippen LogP contribution in [0, 0.1) is 5.92 Å². The van der Waals surface area contributed by atoms with Crippen LogP contribution < -0.4 is 5.73 Å². The highest BCUT2D eigenvalue weighted by Crippen LogP contribution is 2.43. The van der Waals surface area contributed by atoms with E-state index in [1.807, 2.05) is 0 Å². The topological polar surface area (TPSA) is 63.3 Å². The third-order valence-electron chi connectivity index (χ3n) is 2.46. The first kappa shape index (κ1) is 10.3. The molecule has 0 aromatic carbocycles. The van der Waals surface area contributed by atoms with Gasteiger partial charge in [-0.2, -0.15) is 13.2 Å². The Bertz CT molecular complexity index is 228. The van der Waals surface area contributed by atoms with E-state index in [0.717, 1.165) is 0 Å². The summed E-state index contributed by atoms with van der Waals surface area (Å²) in [5.41, 5.74) is 2.78. The molecule has 1 saturated carbocycles. The van der Waals surface area contributed by atoms with E-state index in [9.17, 15) is 18.0 Å². The first-order valence-corrected chi connectivity index (χ1v) is 3.85. The third kappa shape index (κ3) is 1.77. The second-order valence-corrected chi connectivity index (χ2v) is 3.43. The predicted molar refractivity (Wildman–Crippen MR) is 38.0 cm³/mol. The summed E-state index contributed by atoms with van der Waals surface area (Å²) in [7, 11) is 0. The molecule has 0 saturated heterocycles. The molecule has 0 bridgehead atoms. The maximum atomic E-state index is 12.3. The number of alkyl halides is 3. The Labute approximate surface area is 72.7 Å². The fourth-order valence-electron chi connectivity index (χ4n) is 1.54. The smallest absolute Gasteiger partial charge is 0.406 e. The summed E-state index contributed by atoms with van der Waals surface area (Å²) in [6.45, 7) is 0. The van der Waals surface area contributed by atoms with Crippen molar-refractivity contribution in [2.45, 2.75) is 31.0 Å². The zero-order chi connectivity index (χ0) is 10.3. The molecule has 1 rings (SSSR count). The minimum absolute atomic E-state index is 0.00530. The monoisotopic (exact) mass is 197 g/mol. The molecule has 3 nitrogen and oxygen atoms in total. The van der Waals surface area contributed by atoms with Gasteiger partial charge in [-0.15, -0.1) is 0 Å². The van der Waals surface area contributed by atoms with Crippen LogP contribution >= 0.6 is 0 Å². The molecule has 0 unspecified atom stereocenters. The first-order valence-electron chi connectivity index (χ1n) is 3.85. The van der Waals surface area contributed by atoms with Gasteiger partial charge in [0, 0.05) is 0 Å². The lowest BCUT2D eigenvalue weighted by Gasteiger charge is -2.26. The number of carboxylic acids is 1. The first-order chi connectivity index (χ1) is 5.76. The lowest BCUT2D eigenvalue weighted by atomic mass is 9.97. The van der Waals surface area contributed by atoms with Crippen molar-refractivity contribution in [1.29, 1.82) is 0 Å². The van der Waals surface area contributed by atoms with Crippen LogP contribution in [0.25, 0.3) is 0 Å². The van der Waals surface area contributed by atoms with Crippen molar-refractivity contribution in [1.82, 2.24) is 0 Å². The molecular weight excluding hydrogens is 187 g/mol. The number of nitrogens with two attached hydrogens (primary N) is 1. The molecule has 1 aliphatic rings. The van der Waals surface area contributed by atoms with Gasteiger partial charge in [0.05, 0.1) is 5.92 Å². The van der Waals surface area contributed by atoms with Crippen molar-refractivity contribution in [3.05, 3.63) is 0 Å². The Morgan fingerprint density at radius 1 is 1.54 bits per heavy atom. The minimum Gasteiger partial charge on any atom is -0.481 e. The lowest BCUT2D eigenvalue weighted by Crippen LogP contribution is -2.51. The van der Waals surface area contributed by atoms with Gasteiger partial charge in [0.1, 0.15) is 5.54 Å². The maximum Gasteiger partial charge on any atom is 0.406 e. The number of hydrogen-bond donors (Lipinski definition) is 2. The number of carboxylic acid groups (broad SMARTS) is 1. The molecule has 13 heavy (non-hydrogen) atoms. The highest BCUT2D eigenvalue weighted by atomic mass is 19.4. The fourth-order valence-corrected chi connectivity index (χ4v) is 1.54. The molecule has 6 heteroatoms. The van der Waals surface area contributed by atoms with Crippen LogP contribution in [0.5, 0.6) is 0 Å². The summed E-state index contributed by atoms with van der Waals surface area (Å²) in [6.07, 6.45) is -5.30. The molecule has 0 heterocycles. The zero-order valence-electron chi connectivity index (χ0n) is 6.77. The highest BCUT2D eigenvalue weighted by Gasteiger charge is 2.56. The van der Waals surface area contributed by atoms with E-state index in [-0.39, 0.29) is 12.8 Å². The fraction of sp³-hybridized carbons (Fsp3) is 0.857. The molecule has 3 N–H and O–H groups in total. The Morgan fingerprint density at radius 2 is 2.08 bits per heavy atom. The third-order valence-corrected chi connectivity index (χ3v) is 2.46. The number of hydrogen-bond acceptors (Lipinski definition) is 2.